The van der Waals surface area contributed by atoms with Crippen molar-refractivity contribution in [2.24, 2.45) is 0 Å². The molecule has 0 saturated carbocycles. The largest absolute Gasteiger partial charge is 0.454 e. The minimum Gasteiger partial charge on any atom is -0.454 e. The molecule has 4 heteroatoms. The maximum atomic E-state index is 6.93. The van der Waals surface area contributed by atoms with Gasteiger partial charge in [-0.1, -0.05) is 231 Å². The summed E-state index contributed by atoms with van der Waals surface area (Å²) in [5, 5.41) is 9.05. The standard InChI is InChI=1S/C84H58N2O2/c1-51-25-21-26-52(2)81(51)85(69-41-23-39-65-61-37-17-19-43-71(61)87-83(65)69)59-45-47-63-67(49-59)75(57-33-13-7-14-34-57)79-77(73(63)55-29-9-5-10-30-55)78-74(56-31-11-6-12-32-56)64-48-46-60(50-68(64)76(80(78)79)58-35-15-8-16-36-58)86(82-53(3)27-22-28-54(82)4)70-42-24-40-66-62-38-18-20-44-72(62)88-84(66)70/h5-50H,1-4H3. The Labute approximate surface area is 511 Å². The zero-order valence-corrected chi connectivity index (χ0v) is 49.3. The van der Waals surface area contributed by atoms with Gasteiger partial charge in [-0.15, -0.1) is 0 Å². The van der Waals surface area contributed by atoms with E-state index in [1.54, 1.807) is 0 Å². The Bertz CT molecular complexity index is 5100. The summed E-state index contributed by atoms with van der Waals surface area (Å²) in [6.07, 6.45) is 0. The van der Waals surface area contributed by atoms with Crippen LogP contribution >= 0.6 is 0 Å². The fourth-order valence-corrected chi connectivity index (χ4v) is 14.7. The van der Waals surface area contributed by atoms with E-state index in [0.717, 1.165) is 99.9 Å². The number of benzene rings is 14. The number of para-hydroxylation sites is 6. The van der Waals surface area contributed by atoms with Crippen LogP contribution in [0.3, 0.4) is 0 Å². The topological polar surface area (TPSA) is 32.8 Å². The Morgan fingerprint density at radius 1 is 0.227 bits per heavy atom. The van der Waals surface area contributed by atoms with Crippen molar-refractivity contribution in [1.29, 1.82) is 0 Å². The molecule has 1 aliphatic carbocycles. The molecule has 14 aromatic carbocycles. The van der Waals surface area contributed by atoms with E-state index in [2.05, 4.69) is 317 Å². The van der Waals surface area contributed by atoms with Crippen molar-refractivity contribution in [3.63, 3.8) is 0 Å². The number of hydrogen-bond acceptors (Lipinski definition) is 4. The van der Waals surface area contributed by atoms with Gasteiger partial charge in [0, 0.05) is 32.9 Å². The van der Waals surface area contributed by atoms with Gasteiger partial charge in [-0.3, -0.25) is 0 Å². The quantitative estimate of drug-likeness (QED) is 0.137. The second-order valence-electron chi connectivity index (χ2n) is 23.6. The lowest BCUT2D eigenvalue weighted by atomic mass is 9.65. The van der Waals surface area contributed by atoms with E-state index in [1.807, 2.05) is 0 Å². The first-order chi connectivity index (χ1) is 43.4. The molecule has 0 atom stereocenters. The molecule has 416 valence electrons. The fourth-order valence-electron chi connectivity index (χ4n) is 14.7. The second kappa shape index (κ2) is 20.2. The molecule has 1 aliphatic rings. The fraction of sp³-hybridized carbons (Fsp3) is 0.0476. The van der Waals surface area contributed by atoms with Gasteiger partial charge in [0.05, 0.1) is 22.7 Å². The molecule has 2 aromatic heterocycles. The van der Waals surface area contributed by atoms with Crippen molar-refractivity contribution in [1.82, 2.24) is 0 Å². The lowest BCUT2D eigenvalue weighted by molar-refractivity contribution is 0.668. The summed E-state index contributed by atoms with van der Waals surface area (Å²) in [7, 11) is 0. The first-order valence-electron chi connectivity index (χ1n) is 30.4. The average Bonchev–Trinajstić information content (AvgIpc) is 0.776. The van der Waals surface area contributed by atoms with Crippen LogP contribution in [0.1, 0.15) is 22.3 Å². The summed E-state index contributed by atoms with van der Waals surface area (Å²) < 4.78 is 13.9. The highest BCUT2D eigenvalue weighted by Crippen LogP contribution is 2.66. The van der Waals surface area contributed by atoms with Crippen LogP contribution < -0.4 is 9.80 Å². The third-order valence-electron chi connectivity index (χ3n) is 18.4. The molecule has 0 aliphatic heterocycles. The van der Waals surface area contributed by atoms with E-state index in [4.69, 9.17) is 8.83 Å². The highest BCUT2D eigenvalue weighted by molar-refractivity contribution is 6.33. The third kappa shape index (κ3) is 7.78. The predicted molar refractivity (Wildman–Crippen MR) is 370 cm³/mol. The van der Waals surface area contributed by atoms with Crippen molar-refractivity contribution in [2.75, 3.05) is 9.80 Å². The molecular formula is C84H58N2O2. The molecule has 0 unspecified atom stereocenters. The molecule has 0 radical (unpaired) electrons. The van der Waals surface area contributed by atoms with Crippen LogP contribution in [0, 0.1) is 27.7 Å². The molecule has 0 spiro atoms. The molecule has 0 N–H and O–H groups in total. The smallest absolute Gasteiger partial charge is 0.159 e. The number of aryl methyl sites for hydroxylation is 4. The van der Waals surface area contributed by atoms with Crippen LogP contribution in [0.15, 0.2) is 288 Å². The van der Waals surface area contributed by atoms with Crippen LogP contribution in [0.5, 0.6) is 0 Å². The Balaban J connectivity index is 1.02. The van der Waals surface area contributed by atoms with Crippen molar-refractivity contribution < 1.29 is 8.83 Å². The van der Waals surface area contributed by atoms with Gasteiger partial charge >= 0.3 is 0 Å². The average molecular weight is 1130 g/mol. The van der Waals surface area contributed by atoms with E-state index >= 15 is 0 Å². The van der Waals surface area contributed by atoms with Crippen molar-refractivity contribution in [3.8, 4) is 66.8 Å². The number of fused-ring (bicyclic) bond motifs is 12. The van der Waals surface area contributed by atoms with Crippen molar-refractivity contribution in [3.05, 3.63) is 301 Å². The maximum absolute atomic E-state index is 6.93. The molecule has 0 fully saturated rings. The highest BCUT2D eigenvalue weighted by atomic mass is 16.3. The van der Waals surface area contributed by atoms with Crippen LogP contribution in [-0.2, 0) is 0 Å². The predicted octanol–water partition coefficient (Wildman–Crippen LogP) is 24.3. The van der Waals surface area contributed by atoms with Gasteiger partial charge in [-0.05, 0) is 187 Å². The number of rotatable bonds is 10. The Morgan fingerprint density at radius 2 is 0.523 bits per heavy atom. The summed E-state index contributed by atoms with van der Waals surface area (Å²) in [4.78, 5) is 4.90. The summed E-state index contributed by atoms with van der Waals surface area (Å²) in [5.41, 5.74) is 28.9. The molecule has 17 rings (SSSR count). The molecular weight excluding hydrogens is 1070 g/mol. The maximum Gasteiger partial charge on any atom is 0.159 e. The van der Waals surface area contributed by atoms with Crippen molar-refractivity contribution in [2.45, 2.75) is 27.7 Å². The molecule has 16 aromatic rings. The van der Waals surface area contributed by atoms with Gasteiger partial charge in [0.2, 0.25) is 0 Å². The van der Waals surface area contributed by atoms with Crippen LogP contribution in [0.4, 0.5) is 34.1 Å². The van der Waals surface area contributed by atoms with Gasteiger partial charge in [-0.25, -0.2) is 0 Å². The minimum absolute atomic E-state index is 0.850. The van der Waals surface area contributed by atoms with Gasteiger partial charge in [0.1, 0.15) is 11.2 Å². The Morgan fingerprint density at radius 3 is 0.875 bits per heavy atom. The Kier molecular flexibility index (Phi) is 11.8. The number of hydrogen-bond donors (Lipinski definition) is 0. The van der Waals surface area contributed by atoms with Crippen LogP contribution in [0.2, 0.25) is 0 Å². The van der Waals surface area contributed by atoms with Crippen LogP contribution in [-0.4, -0.2) is 0 Å². The van der Waals surface area contributed by atoms with Crippen LogP contribution in [0.25, 0.3) is 132 Å². The van der Waals surface area contributed by atoms with E-state index in [-0.39, 0.29) is 0 Å². The summed E-state index contributed by atoms with van der Waals surface area (Å²) >= 11 is 0. The van der Waals surface area contributed by atoms with Gasteiger partial charge in [-0.2, -0.15) is 0 Å². The minimum atomic E-state index is 0.850. The van der Waals surface area contributed by atoms with E-state index in [9.17, 15) is 0 Å². The molecule has 2 heterocycles. The van der Waals surface area contributed by atoms with Gasteiger partial charge < -0.3 is 18.6 Å². The van der Waals surface area contributed by atoms with Gasteiger partial charge in [0.15, 0.2) is 11.2 Å². The van der Waals surface area contributed by atoms with E-state index < -0.39 is 0 Å². The molecule has 0 saturated heterocycles. The number of furan rings is 2. The molecule has 0 bridgehead atoms. The summed E-state index contributed by atoms with van der Waals surface area (Å²) in [6, 6.07) is 102. The monoisotopic (exact) mass is 1130 g/mol. The van der Waals surface area contributed by atoms with E-state index in [1.165, 1.54) is 88.7 Å². The number of anilines is 6. The number of nitrogens with zero attached hydrogens (tertiary/aromatic N) is 2. The molecule has 4 nitrogen and oxygen atoms in total. The molecule has 0 amide bonds. The lowest BCUT2D eigenvalue weighted by Gasteiger charge is -2.38. The lowest BCUT2D eigenvalue weighted by Crippen LogP contribution is -2.14. The Hall–Kier alpha value is -11.2. The zero-order chi connectivity index (χ0) is 58.7. The summed E-state index contributed by atoms with van der Waals surface area (Å²) in [6.45, 7) is 8.90. The normalized spacial score (nSPS) is 11.9. The first kappa shape index (κ1) is 51.2. The first-order valence-corrected chi connectivity index (χ1v) is 30.4. The van der Waals surface area contributed by atoms with Gasteiger partial charge in [0.25, 0.3) is 0 Å². The summed E-state index contributed by atoms with van der Waals surface area (Å²) in [5.74, 6) is 0. The van der Waals surface area contributed by atoms with E-state index in [0.29, 0.717) is 0 Å². The van der Waals surface area contributed by atoms with Crippen molar-refractivity contribution >= 4 is 99.5 Å². The third-order valence-corrected chi connectivity index (χ3v) is 18.4. The molecule has 88 heavy (non-hydrogen) atoms. The highest BCUT2D eigenvalue weighted by Gasteiger charge is 2.39. The second-order valence-corrected chi connectivity index (χ2v) is 23.6. The SMILES string of the molecule is Cc1cccc(C)c1N(c1ccc2c(-c3ccccc3)c3c(c(-c4ccccc4)c2c1)-c1c-3c(-c2ccccc2)c2ccc(N(c3c(C)cccc3C)c3cccc4c3oc3ccccc34)cc2c1-c1ccccc1)c1cccc2c1oc1ccccc12. The zero-order valence-electron chi connectivity index (χ0n) is 49.3.